The second-order valence-corrected chi connectivity index (χ2v) is 9.05. The van der Waals surface area contributed by atoms with Crippen LogP contribution < -0.4 is 4.74 Å². The summed E-state index contributed by atoms with van der Waals surface area (Å²) in [7, 11) is 3.60. The van der Waals surface area contributed by atoms with Crippen molar-refractivity contribution < 1.29 is 23.5 Å². The average molecular weight is 468 g/mol. The molecule has 0 heterocycles. The number of carbonyl (C=O) groups is 2. The average Bonchev–Trinajstić information content (AvgIpc) is 2.86. The Kier molecular flexibility index (Phi) is 8.99. The van der Waals surface area contributed by atoms with Crippen molar-refractivity contribution in [1.82, 2.24) is 4.90 Å². The summed E-state index contributed by atoms with van der Waals surface area (Å²) in [5, 5.41) is 0. The highest BCUT2D eigenvalue weighted by Crippen LogP contribution is 2.36. The highest BCUT2D eigenvalue weighted by atomic mass is 19.1. The summed E-state index contributed by atoms with van der Waals surface area (Å²) < 4.78 is 24.2. The van der Waals surface area contributed by atoms with Crippen LogP contribution in [0.2, 0.25) is 0 Å². The van der Waals surface area contributed by atoms with Gasteiger partial charge in [-0.3, -0.25) is 14.5 Å². The number of allylic oxidation sites excluding steroid dienone is 1. The minimum Gasteiger partial charge on any atom is -0.497 e. The summed E-state index contributed by atoms with van der Waals surface area (Å²) >= 11 is 0. The molecule has 6 heteroatoms. The van der Waals surface area contributed by atoms with Gasteiger partial charge in [-0.05, 0) is 87.0 Å². The van der Waals surface area contributed by atoms with E-state index in [1.54, 1.807) is 25.3 Å². The molecule has 182 valence electrons. The first-order valence-corrected chi connectivity index (χ1v) is 11.7. The fourth-order valence-electron chi connectivity index (χ4n) is 4.85. The van der Waals surface area contributed by atoms with Gasteiger partial charge in [-0.2, -0.15) is 0 Å². The quantitative estimate of drug-likeness (QED) is 0.388. The number of benzene rings is 2. The fourth-order valence-corrected chi connectivity index (χ4v) is 4.85. The van der Waals surface area contributed by atoms with Gasteiger partial charge in [0.25, 0.3) is 6.47 Å². The first-order chi connectivity index (χ1) is 16.4. The number of hydrogen-bond acceptors (Lipinski definition) is 5. The Balaban J connectivity index is 1.91. The maximum Gasteiger partial charge on any atom is 0.293 e. The molecule has 0 N–H and O–H groups in total. The van der Waals surface area contributed by atoms with E-state index in [1.165, 1.54) is 11.1 Å². The Morgan fingerprint density at radius 2 is 1.88 bits per heavy atom. The van der Waals surface area contributed by atoms with E-state index in [0.29, 0.717) is 29.9 Å². The number of likely N-dealkylation sites (N-methyl/N-ethyl adjacent to an activating group) is 1. The molecule has 34 heavy (non-hydrogen) atoms. The van der Waals surface area contributed by atoms with Gasteiger partial charge in [0.15, 0.2) is 6.29 Å². The molecular weight excluding hydrogens is 433 g/mol. The normalized spacial score (nSPS) is 15.7. The molecule has 0 amide bonds. The van der Waals surface area contributed by atoms with E-state index in [9.17, 15) is 14.0 Å². The molecule has 1 aliphatic rings. The molecule has 0 bridgehead atoms. The maximum atomic E-state index is 13.4. The van der Waals surface area contributed by atoms with Gasteiger partial charge in [0, 0.05) is 18.2 Å². The summed E-state index contributed by atoms with van der Waals surface area (Å²) in [5.41, 5.74) is 6.37. The number of ether oxygens (including phenoxy) is 2. The predicted octanol–water partition coefficient (Wildman–Crippen LogP) is 5.85. The van der Waals surface area contributed by atoms with Gasteiger partial charge in [-0.1, -0.05) is 29.3 Å². The molecule has 0 saturated heterocycles. The van der Waals surface area contributed by atoms with Gasteiger partial charge in [0.1, 0.15) is 18.5 Å². The Bertz CT molecular complexity index is 1050. The summed E-state index contributed by atoms with van der Waals surface area (Å²) in [6.45, 7) is 4.50. The molecule has 0 fully saturated rings. The Labute approximate surface area is 201 Å². The molecule has 1 aliphatic carbocycles. The molecule has 0 aromatic heterocycles. The van der Waals surface area contributed by atoms with Crippen molar-refractivity contribution in [2.24, 2.45) is 0 Å². The number of hydrogen-bond donors (Lipinski definition) is 0. The molecule has 3 rings (SSSR count). The number of nitrogens with zero attached hydrogens (tertiary/aromatic N) is 1. The molecule has 0 radical (unpaired) electrons. The number of aryl methyl sites for hydroxylation is 1. The second-order valence-electron chi connectivity index (χ2n) is 9.05. The summed E-state index contributed by atoms with van der Waals surface area (Å²) in [6.07, 6.45) is 4.40. The van der Waals surface area contributed by atoms with Crippen molar-refractivity contribution in [2.75, 3.05) is 20.7 Å². The first-order valence-electron chi connectivity index (χ1n) is 11.7. The van der Waals surface area contributed by atoms with Crippen molar-refractivity contribution in [3.8, 4) is 5.75 Å². The molecule has 2 atom stereocenters. The smallest absolute Gasteiger partial charge is 0.293 e. The van der Waals surface area contributed by atoms with Crippen molar-refractivity contribution >= 4 is 18.3 Å². The van der Waals surface area contributed by atoms with Crippen molar-refractivity contribution in [1.29, 1.82) is 0 Å². The minimum absolute atomic E-state index is 0.142. The van der Waals surface area contributed by atoms with E-state index in [0.717, 1.165) is 48.7 Å². The number of alkyl halides is 1. The lowest BCUT2D eigenvalue weighted by atomic mass is 9.85. The zero-order valence-corrected chi connectivity index (χ0v) is 20.5. The third-order valence-corrected chi connectivity index (χ3v) is 6.71. The Hall–Kier alpha value is -2.99. The summed E-state index contributed by atoms with van der Waals surface area (Å²) in [6, 6.07) is 11.0. The van der Waals surface area contributed by atoms with E-state index < -0.39 is 12.8 Å². The van der Waals surface area contributed by atoms with Crippen molar-refractivity contribution in [3.05, 3.63) is 69.8 Å². The van der Waals surface area contributed by atoms with Gasteiger partial charge in [0.2, 0.25) is 0 Å². The monoisotopic (exact) mass is 467 g/mol. The van der Waals surface area contributed by atoms with Crippen LogP contribution in [0.5, 0.6) is 5.75 Å². The van der Waals surface area contributed by atoms with Crippen LogP contribution in [-0.2, 0) is 16.2 Å². The highest BCUT2D eigenvalue weighted by Gasteiger charge is 2.27. The number of aldehydes is 1. The summed E-state index contributed by atoms with van der Waals surface area (Å²) in [5.74, 6) is 0.661. The highest BCUT2D eigenvalue weighted by molar-refractivity contribution is 5.87. The molecule has 0 spiro atoms. The molecule has 0 unspecified atom stereocenters. The van der Waals surface area contributed by atoms with E-state index in [-0.39, 0.29) is 6.04 Å². The Morgan fingerprint density at radius 1 is 1.12 bits per heavy atom. The number of rotatable bonds is 11. The van der Waals surface area contributed by atoms with Crippen LogP contribution in [0.4, 0.5) is 4.39 Å². The first kappa shape index (κ1) is 25.6. The van der Waals surface area contributed by atoms with Gasteiger partial charge < -0.3 is 9.47 Å². The molecule has 2 aromatic rings. The number of halogens is 1. The van der Waals surface area contributed by atoms with Crippen molar-refractivity contribution in [2.45, 2.75) is 58.4 Å². The van der Waals surface area contributed by atoms with Crippen LogP contribution >= 0.6 is 0 Å². The lowest BCUT2D eigenvalue weighted by molar-refractivity contribution is -0.136. The lowest BCUT2D eigenvalue weighted by Gasteiger charge is -2.33. The van der Waals surface area contributed by atoms with E-state index in [1.807, 2.05) is 39.1 Å². The predicted molar refractivity (Wildman–Crippen MR) is 132 cm³/mol. The topological polar surface area (TPSA) is 55.8 Å². The summed E-state index contributed by atoms with van der Waals surface area (Å²) in [4.78, 5) is 25.3. The standard InChI is InChI=1S/C28H34FNO4/c1-19-11-21(15-29)13-23(12-19)28(34-18-32)20(2)30(3)16-22-7-5-6-8-26(22)27-10-9-25(33-4)14-24(27)17-31/h9-14,17-18,20,28H,5-8,15-16H2,1-4H3/t20-,28-/m0/s1. The third kappa shape index (κ3) is 5.92. The zero-order valence-electron chi connectivity index (χ0n) is 20.5. The maximum absolute atomic E-state index is 13.4. The fraction of sp³-hybridized carbons (Fsp3) is 0.429. The van der Waals surface area contributed by atoms with Gasteiger partial charge in [-0.25, -0.2) is 4.39 Å². The van der Waals surface area contributed by atoms with Crippen LogP contribution in [0, 0.1) is 6.92 Å². The van der Waals surface area contributed by atoms with Gasteiger partial charge >= 0.3 is 0 Å². The van der Waals surface area contributed by atoms with Crippen LogP contribution in [0.3, 0.4) is 0 Å². The van der Waals surface area contributed by atoms with Crippen LogP contribution in [0.25, 0.3) is 5.57 Å². The second kappa shape index (κ2) is 11.9. The molecule has 0 aliphatic heterocycles. The largest absolute Gasteiger partial charge is 0.497 e. The molecule has 0 saturated carbocycles. The molecule has 2 aromatic carbocycles. The number of carbonyl (C=O) groups excluding carboxylic acids is 2. The van der Waals surface area contributed by atoms with Crippen LogP contribution in [0.15, 0.2) is 42.0 Å². The minimum atomic E-state index is -0.566. The van der Waals surface area contributed by atoms with E-state index in [2.05, 4.69) is 4.90 Å². The Morgan fingerprint density at radius 3 is 2.56 bits per heavy atom. The molecule has 5 nitrogen and oxygen atoms in total. The molecular formula is C28H34FNO4. The van der Waals surface area contributed by atoms with Crippen LogP contribution in [-0.4, -0.2) is 44.4 Å². The van der Waals surface area contributed by atoms with Gasteiger partial charge in [0.05, 0.1) is 7.11 Å². The van der Waals surface area contributed by atoms with Gasteiger partial charge in [-0.15, -0.1) is 0 Å². The van der Waals surface area contributed by atoms with Crippen LogP contribution in [0.1, 0.15) is 71.3 Å². The SMILES string of the molecule is COc1ccc(C2=C(CN(C)[C@@H](C)[C@H](OC=O)c3cc(C)cc(CF)c3)CCCC2)c(C=O)c1. The lowest BCUT2D eigenvalue weighted by Crippen LogP contribution is -2.37. The zero-order chi connectivity index (χ0) is 24.7. The van der Waals surface area contributed by atoms with E-state index >= 15 is 0 Å². The number of methoxy groups -OCH3 is 1. The van der Waals surface area contributed by atoms with E-state index in [4.69, 9.17) is 9.47 Å². The third-order valence-electron chi connectivity index (χ3n) is 6.71. The van der Waals surface area contributed by atoms with Crippen molar-refractivity contribution in [3.63, 3.8) is 0 Å².